The molecule has 2 fully saturated rings. The first kappa shape index (κ1) is 23.1. The lowest BCUT2D eigenvalue weighted by molar-refractivity contribution is -0.113. The number of amides is 1. The van der Waals surface area contributed by atoms with Crippen LogP contribution in [0.2, 0.25) is 0 Å². The van der Waals surface area contributed by atoms with Gasteiger partial charge in [0, 0.05) is 29.6 Å². The molecule has 0 unspecified atom stereocenters. The van der Waals surface area contributed by atoms with Crippen molar-refractivity contribution in [3.05, 3.63) is 45.0 Å². The Labute approximate surface area is 207 Å². The topological polar surface area (TPSA) is 97.8 Å². The van der Waals surface area contributed by atoms with Crippen LogP contribution in [-0.2, 0) is 22.5 Å². The SMILES string of the molecule is Cc1c(C#N)c(NC(=O)CSc2nnc(Cc3cccs3)n2C2CC2)n(C[C@@H]2CCCO2)c1C. The number of ether oxygens (including phenoxy) is 1. The summed E-state index contributed by atoms with van der Waals surface area (Å²) in [4.78, 5) is 14.2. The molecule has 0 bridgehead atoms. The molecular weight excluding hydrogens is 468 g/mol. The molecule has 0 spiro atoms. The predicted molar refractivity (Wildman–Crippen MR) is 132 cm³/mol. The normalized spacial score (nSPS) is 17.7. The summed E-state index contributed by atoms with van der Waals surface area (Å²) in [6.07, 6.45) is 5.15. The summed E-state index contributed by atoms with van der Waals surface area (Å²) in [6, 6.07) is 6.86. The maximum Gasteiger partial charge on any atom is 0.235 e. The molecule has 34 heavy (non-hydrogen) atoms. The van der Waals surface area contributed by atoms with Gasteiger partial charge in [-0.15, -0.1) is 21.5 Å². The smallest absolute Gasteiger partial charge is 0.235 e. The van der Waals surface area contributed by atoms with Crippen molar-refractivity contribution in [2.75, 3.05) is 17.7 Å². The second kappa shape index (κ2) is 9.94. The van der Waals surface area contributed by atoms with Crippen LogP contribution in [-0.4, -0.2) is 43.7 Å². The van der Waals surface area contributed by atoms with E-state index < -0.39 is 0 Å². The van der Waals surface area contributed by atoms with E-state index in [4.69, 9.17) is 4.74 Å². The van der Waals surface area contributed by atoms with Crippen LogP contribution in [0, 0.1) is 25.2 Å². The van der Waals surface area contributed by atoms with Crippen molar-refractivity contribution in [3.63, 3.8) is 0 Å². The number of rotatable bonds is 9. The predicted octanol–water partition coefficient (Wildman–Crippen LogP) is 4.47. The van der Waals surface area contributed by atoms with Crippen molar-refractivity contribution in [2.45, 2.75) is 69.8 Å². The van der Waals surface area contributed by atoms with Crippen LogP contribution in [0.25, 0.3) is 0 Å². The second-order valence-corrected chi connectivity index (χ2v) is 10.9. The first-order valence-corrected chi connectivity index (χ1v) is 13.5. The molecule has 1 atom stereocenters. The van der Waals surface area contributed by atoms with E-state index in [-0.39, 0.29) is 17.8 Å². The van der Waals surface area contributed by atoms with E-state index in [0.717, 1.165) is 60.9 Å². The highest BCUT2D eigenvalue weighted by atomic mass is 32.2. The number of carbonyl (C=O) groups excluding carboxylic acids is 1. The lowest BCUT2D eigenvalue weighted by Crippen LogP contribution is -2.22. The van der Waals surface area contributed by atoms with Crippen molar-refractivity contribution < 1.29 is 9.53 Å². The molecule has 1 aliphatic carbocycles. The van der Waals surface area contributed by atoms with Crippen LogP contribution in [0.5, 0.6) is 0 Å². The fraction of sp³-hybridized carbons (Fsp3) is 0.500. The van der Waals surface area contributed by atoms with E-state index in [2.05, 4.69) is 37.6 Å². The molecule has 0 aromatic carbocycles. The molecule has 3 aromatic heterocycles. The van der Waals surface area contributed by atoms with Crippen molar-refractivity contribution >= 4 is 34.8 Å². The number of thioether (sulfide) groups is 1. The highest BCUT2D eigenvalue weighted by molar-refractivity contribution is 7.99. The number of hydrogen-bond acceptors (Lipinski definition) is 7. The van der Waals surface area contributed by atoms with Gasteiger partial charge in [0.2, 0.25) is 5.91 Å². The number of anilines is 1. The number of carbonyl (C=O) groups is 1. The summed E-state index contributed by atoms with van der Waals surface area (Å²) in [7, 11) is 0. The van der Waals surface area contributed by atoms with Gasteiger partial charge in [0.05, 0.1) is 24.0 Å². The number of thiophene rings is 1. The van der Waals surface area contributed by atoms with Gasteiger partial charge in [-0.1, -0.05) is 17.8 Å². The quantitative estimate of drug-likeness (QED) is 0.439. The minimum Gasteiger partial charge on any atom is -0.376 e. The van der Waals surface area contributed by atoms with E-state index in [0.29, 0.717) is 24.0 Å². The van der Waals surface area contributed by atoms with Crippen LogP contribution in [0.4, 0.5) is 5.82 Å². The minimum atomic E-state index is -0.155. The molecule has 1 N–H and O–H groups in total. The van der Waals surface area contributed by atoms with Gasteiger partial charge in [0.15, 0.2) is 5.16 Å². The fourth-order valence-corrected chi connectivity index (χ4v) is 5.97. The average molecular weight is 497 g/mol. The summed E-state index contributed by atoms with van der Waals surface area (Å²) >= 11 is 3.12. The van der Waals surface area contributed by atoms with Gasteiger partial charge in [0.1, 0.15) is 17.7 Å². The van der Waals surface area contributed by atoms with Gasteiger partial charge in [-0.2, -0.15) is 5.26 Å². The molecule has 178 valence electrons. The zero-order valence-electron chi connectivity index (χ0n) is 19.4. The standard InChI is InChI=1S/C24H28N6O2S2/c1-15-16(2)29(13-18-5-3-9-32-18)23(20(15)12-25)26-22(31)14-34-24-28-27-21(30(24)17-7-8-17)11-19-6-4-10-33-19/h4,6,10,17-18H,3,5,7-9,11,13-14H2,1-2H3,(H,26,31)/t18-/m0/s1. The highest BCUT2D eigenvalue weighted by Gasteiger charge is 2.30. The van der Waals surface area contributed by atoms with Crippen LogP contribution in [0.3, 0.4) is 0 Å². The van der Waals surface area contributed by atoms with Gasteiger partial charge in [-0.05, 0) is 56.5 Å². The summed E-state index contributed by atoms with van der Waals surface area (Å²) in [5.41, 5.74) is 2.41. The molecule has 0 radical (unpaired) electrons. The molecule has 4 heterocycles. The van der Waals surface area contributed by atoms with Gasteiger partial charge in [-0.3, -0.25) is 4.79 Å². The maximum atomic E-state index is 13.0. The summed E-state index contributed by atoms with van der Waals surface area (Å²) < 4.78 is 10.0. The molecule has 5 rings (SSSR count). The second-order valence-electron chi connectivity index (χ2n) is 8.88. The fourth-order valence-electron chi connectivity index (χ4n) is 4.44. The Morgan fingerprint density at radius 1 is 1.35 bits per heavy atom. The van der Waals surface area contributed by atoms with Crippen molar-refractivity contribution in [1.29, 1.82) is 5.26 Å². The Morgan fingerprint density at radius 2 is 2.21 bits per heavy atom. The van der Waals surface area contributed by atoms with Gasteiger partial charge >= 0.3 is 0 Å². The number of nitrogens with zero attached hydrogens (tertiary/aromatic N) is 5. The third-order valence-electron chi connectivity index (χ3n) is 6.50. The molecular formula is C24H28N6O2S2. The van der Waals surface area contributed by atoms with Crippen molar-refractivity contribution in [3.8, 4) is 6.07 Å². The van der Waals surface area contributed by atoms with E-state index in [9.17, 15) is 10.1 Å². The van der Waals surface area contributed by atoms with Gasteiger partial charge in [0.25, 0.3) is 0 Å². The van der Waals surface area contributed by atoms with Crippen LogP contribution in [0.15, 0.2) is 22.7 Å². The Kier molecular flexibility index (Phi) is 6.77. The highest BCUT2D eigenvalue weighted by Crippen LogP contribution is 2.39. The maximum absolute atomic E-state index is 13.0. The Hall–Kier alpha value is -2.61. The Bertz CT molecular complexity index is 1210. The number of nitrogens with one attached hydrogen (secondary N) is 1. The molecule has 1 amide bonds. The molecule has 1 aliphatic heterocycles. The molecule has 8 nitrogen and oxygen atoms in total. The van der Waals surface area contributed by atoms with Crippen LogP contribution in [0.1, 0.15) is 59.2 Å². The summed E-state index contributed by atoms with van der Waals surface area (Å²) in [6.45, 7) is 5.32. The van der Waals surface area contributed by atoms with Gasteiger partial charge < -0.3 is 19.2 Å². The largest absolute Gasteiger partial charge is 0.376 e. The molecule has 10 heteroatoms. The Balaban J connectivity index is 1.29. The Morgan fingerprint density at radius 3 is 2.88 bits per heavy atom. The third kappa shape index (κ3) is 4.78. The number of nitriles is 1. The third-order valence-corrected chi connectivity index (χ3v) is 8.32. The van der Waals surface area contributed by atoms with Crippen LogP contribution < -0.4 is 5.32 Å². The first-order chi connectivity index (χ1) is 16.5. The van der Waals surface area contributed by atoms with Crippen molar-refractivity contribution in [2.24, 2.45) is 0 Å². The van der Waals surface area contributed by atoms with E-state index in [1.54, 1.807) is 11.3 Å². The van der Waals surface area contributed by atoms with Gasteiger partial charge in [-0.25, -0.2) is 0 Å². The van der Waals surface area contributed by atoms with Crippen LogP contribution >= 0.6 is 23.1 Å². The molecule has 3 aromatic rings. The molecule has 1 saturated heterocycles. The van der Waals surface area contributed by atoms with Crippen molar-refractivity contribution in [1.82, 2.24) is 19.3 Å². The molecule has 2 aliphatic rings. The number of hydrogen-bond donors (Lipinski definition) is 1. The monoisotopic (exact) mass is 496 g/mol. The minimum absolute atomic E-state index is 0.112. The zero-order chi connectivity index (χ0) is 23.7. The lowest BCUT2D eigenvalue weighted by Gasteiger charge is -2.17. The zero-order valence-corrected chi connectivity index (χ0v) is 21.0. The van der Waals surface area contributed by atoms with E-state index in [1.807, 2.05) is 24.5 Å². The molecule has 1 saturated carbocycles. The average Bonchev–Trinajstić information content (AvgIpc) is 3.18. The number of aromatic nitrogens is 4. The lowest BCUT2D eigenvalue weighted by atomic mass is 10.2. The van der Waals surface area contributed by atoms with E-state index in [1.165, 1.54) is 16.6 Å². The first-order valence-electron chi connectivity index (χ1n) is 11.6. The van der Waals surface area contributed by atoms with E-state index >= 15 is 0 Å². The summed E-state index contributed by atoms with van der Waals surface area (Å²) in [5, 5.41) is 24.5. The summed E-state index contributed by atoms with van der Waals surface area (Å²) in [5.74, 6) is 1.58.